The molecule has 4 nitrogen and oxygen atoms in total. The smallest absolute Gasteiger partial charge is 0.307 e. The van der Waals surface area contributed by atoms with Crippen molar-refractivity contribution in [3.05, 3.63) is 29.3 Å². The number of amides is 1. The number of nitrogens with zero attached hydrogens (tertiary/aromatic N) is 1. The Morgan fingerprint density at radius 2 is 2.00 bits per heavy atom. The largest absolute Gasteiger partial charge is 0.481 e. The van der Waals surface area contributed by atoms with E-state index in [4.69, 9.17) is 16.7 Å². The van der Waals surface area contributed by atoms with Gasteiger partial charge in [0.1, 0.15) is 0 Å². The molecule has 2 fully saturated rings. The molecule has 1 unspecified atom stereocenters. The van der Waals surface area contributed by atoms with Crippen molar-refractivity contribution in [2.24, 2.45) is 11.3 Å². The Hall–Kier alpha value is -1.20. The summed E-state index contributed by atoms with van der Waals surface area (Å²) in [4.78, 5) is 26.2. The van der Waals surface area contributed by atoms with Crippen LogP contribution < -0.4 is 0 Å². The first-order valence-corrected chi connectivity index (χ1v) is 9.26. The third-order valence-corrected chi connectivity index (χ3v) is 6.53. The van der Waals surface area contributed by atoms with Gasteiger partial charge < -0.3 is 10.0 Å². The molecule has 1 saturated carbocycles. The van der Waals surface area contributed by atoms with Crippen molar-refractivity contribution in [1.82, 2.24) is 4.90 Å². The number of hydrogen-bond donors (Lipinski definition) is 1. The van der Waals surface area contributed by atoms with Crippen molar-refractivity contribution < 1.29 is 14.7 Å². The third kappa shape index (κ3) is 3.66. The van der Waals surface area contributed by atoms with Crippen LogP contribution in [-0.2, 0) is 9.59 Å². The van der Waals surface area contributed by atoms with E-state index in [0.717, 1.165) is 29.2 Å². The van der Waals surface area contributed by atoms with Crippen molar-refractivity contribution >= 4 is 35.2 Å². The number of carboxylic acid groups (broad SMARTS) is 1. The Morgan fingerprint density at radius 1 is 1.30 bits per heavy atom. The van der Waals surface area contributed by atoms with Crippen molar-refractivity contribution in [3.63, 3.8) is 0 Å². The quantitative estimate of drug-likeness (QED) is 0.823. The zero-order valence-corrected chi connectivity index (χ0v) is 14.4. The highest BCUT2D eigenvalue weighted by Gasteiger charge is 2.59. The molecule has 6 heteroatoms. The summed E-state index contributed by atoms with van der Waals surface area (Å²) in [5.41, 5.74) is -0.0189. The normalized spacial score (nSPS) is 22.1. The van der Waals surface area contributed by atoms with E-state index in [9.17, 15) is 9.59 Å². The number of carbonyl (C=O) groups excluding carboxylic acids is 1. The third-order valence-electron chi connectivity index (χ3n) is 5.01. The Bertz CT molecular complexity index is 614. The van der Waals surface area contributed by atoms with Gasteiger partial charge >= 0.3 is 5.97 Å². The number of thioether (sulfide) groups is 1. The van der Waals surface area contributed by atoms with Gasteiger partial charge in [-0.3, -0.25) is 9.59 Å². The van der Waals surface area contributed by atoms with Gasteiger partial charge in [0, 0.05) is 30.2 Å². The van der Waals surface area contributed by atoms with Crippen molar-refractivity contribution in [2.75, 3.05) is 18.8 Å². The van der Waals surface area contributed by atoms with E-state index < -0.39 is 5.97 Å². The van der Waals surface area contributed by atoms with Crippen LogP contribution in [0.1, 0.15) is 25.7 Å². The summed E-state index contributed by atoms with van der Waals surface area (Å²) in [7, 11) is 0. The molecule has 1 aliphatic carbocycles. The Morgan fingerprint density at radius 3 is 2.61 bits per heavy atom. The summed E-state index contributed by atoms with van der Waals surface area (Å²) in [6, 6.07) is 7.64. The fourth-order valence-corrected chi connectivity index (χ4v) is 4.60. The van der Waals surface area contributed by atoms with Crippen LogP contribution in [0.2, 0.25) is 5.02 Å². The van der Waals surface area contributed by atoms with E-state index >= 15 is 0 Å². The van der Waals surface area contributed by atoms with Crippen LogP contribution in [-0.4, -0.2) is 40.7 Å². The second-order valence-electron chi connectivity index (χ2n) is 6.37. The highest BCUT2D eigenvalue weighted by molar-refractivity contribution is 7.99. The molecule has 2 aliphatic rings. The summed E-state index contributed by atoms with van der Waals surface area (Å²) in [6.45, 7) is 1.39. The Labute approximate surface area is 145 Å². The number of benzene rings is 1. The Balaban J connectivity index is 1.42. The number of carbonyl (C=O) groups is 2. The minimum Gasteiger partial charge on any atom is -0.481 e. The zero-order valence-electron chi connectivity index (χ0n) is 12.8. The molecule has 1 aromatic rings. The summed E-state index contributed by atoms with van der Waals surface area (Å²) < 4.78 is 0. The Kier molecular flexibility index (Phi) is 4.87. The van der Waals surface area contributed by atoms with E-state index in [2.05, 4.69) is 0 Å². The summed E-state index contributed by atoms with van der Waals surface area (Å²) in [5, 5.41) is 9.82. The lowest BCUT2D eigenvalue weighted by Gasteiger charge is -2.32. The molecule has 0 aromatic heterocycles. The predicted octanol–water partition coefficient (Wildman–Crippen LogP) is 3.54. The van der Waals surface area contributed by atoms with E-state index in [0.29, 0.717) is 25.3 Å². The molecule has 3 rings (SSSR count). The van der Waals surface area contributed by atoms with Crippen LogP contribution in [0.5, 0.6) is 0 Å². The predicted molar refractivity (Wildman–Crippen MR) is 90.8 cm³/mol. The van der Waals surface area contributed by atoms with Gasteiger partial charge in [-0.1, -0.05) is 23.7 Å². The van der Waals surface area contributed by atoms with Crippen LogP contribution >= 0.6 is 23.4 Å². The molecule has 0 radical (unpaired) electrons. The first-order chi connectivity index (χ1) is 11.0. The van der Waals surface area contributed by atoms with Crippen molar-refractivity contribution in [3.8, 4) is 0 Å². The maximum absolute atomic E-state index is 12.3. The maximum atomic E-state index is 12.3. The number of rotatable bonds is 5. The highest BCUT2D eigenvalue weighted by atomic mass is 35.5. The van der Waals surface area contributed by atoms with Crippen LogP contribution in [0, 0.1) is 11.3 Å². The second-order valence-corrected chi connectivity index (χ2v) is 7.91. The monoisotopic (exact) mass is 353 g/mol. The van der Waals surface area contributed by atoms with Crippen LogP contribution in [0.15, 0.2) is 29.2 Å². The van der Waals surface area contributed by atoms with Gasteiger partial charge in [-0.05, 0) is 36.8 Å². The lowest BCUT2D eigenvalue weighted by Crippen LogP contribution is -2.40. The molecule has 1 atom stereocenters. The molecule has 1 spiro atoms. The fraction of sp³-hybridized carbons (Fsp3) is 0.529. The molecular weight excluding hydrogens is 334 g/mol. The van der Waals surface area contributed by atoms with Gasteiger partial charge in [-0.2, -0.15) is 0 Å². The molecule has 1 aliphatic heterocycles. The molecule has 1 saturated heterocycles. The average molecular weight is 354 g/mol. The lowest BCUT2D eigenvalue weighted by atomic mass is 9.90. The molecule has 1 amide bonds. The standard InChI is InChI=1S/C17H20ClNO3S/c18-13-3-1-2-4-14(13)23-10-5-15(20)19-8-6-17(7-9-19)11-12(17)16(21)22/h1-4,12H,5-11H2,(H,21,22). The highest BCUT2D eigenvalue weighted by Crippen LogP contribution is 2.59. The summed E-state index contributed by atoms with van der Waals surface area (Å²) in [6.07, 6.45) is 2.93. The number of aliphatic carboxylic acids is 1. The molecule has 23 heavy (non-hydrogen) atoms. The zero-order chi connectivity index (χ0) is 16.4. The molecule has 124 valence electrons. The number of carboxylic acids is 1. The van der Waals surface area contributed by atoms with Crippen LogP contribution in [0.25, 0.3) is 0 Å². The van der Waals surface area contributed by atoms with E-state index in [1.807, 2.05) is 29.2 Å². The minimum atomic E-state index is -0.680. The molecular formula is C17H20ClNO3S. The van der Waals surface area contributed by atoms with E-state index in [1.165, 1.54) is 0 Å². The molecule has 0 bridgehead atoms. The van der Waals surface area contributed by atoms with E-state index in [-0.39, 0.29) is 17.2 Å². The lowest BCUT2D eigenvalue weighted by molar-refractivity contribution is -0.139. The van der Waals surface area contributed by atoms with E-state index in [1.54, 1.807) is 11.8 Å². The molecule has 1 N–H and O–H groups in total. The number of likely N-dealkylation sites (tertiary alicyclic amines) is 1. The van der Waals surface area contributed by atoms with Gasteiger partial charge in [-0.25, -0.2) is 0 Å². The second kappa shape index (κ2) is 6.73. The first-order valence-electron chi connectivity index (χ1n) is 7.90. The topological polar surface area (TPSA) is 57.6 Å². The minimum absolute atomic E-state index is 0.0189. The molecule has 1 aromatic carbocycles. The van der Waals surface area contributed by atoms with Gasteiger partial charge in [0.2, 0.25) is 5.91 Å². The van der Waals surface area contributed by atoms with Gasteiger partial charge in [0.25, 0.3) is 0 Å². The number of halogens is 1. The van der Waals surface area contributed by atoms with Crippen molar-refractivity contribution in [2.45, 2.75) is 30.6 Å². The van der Waals surface area contributed by atoms with Gasteiger partial charge in [0.05, 0.1) is 10.9 Å². The number of hydrogen-bond acceptors (Lipinski definition) is 3. The SMILES string of the molecule is O=C(O)C1CC12CCN(C(=O)CCSc1ccccc1Cl)CC2. The fourth-order valence-electron chi connectivity index (χ4n) is 3.42. The van der Waals surface area contributed by atoms with Crippen LogP contribution in [0.3, 0.4) is 0 Å². The maximum Gasteiger partial charge on any atom is 0.307 e. The summed E-state index contributed by atoms with van der Waals surface area (Å²) >= 11 is 7.70. The first kappa shape index (κ1) is 16.7. The summed E-state index contributed by atoms with van der Waals surface area (Å²) in [5.74, 6) is 0.00507. The van der Waals surface area contributed by atoms with Gasteiger partial charge in [-0.15, -0.1) is 11.8 Å². The molecule has 1 heterocycles. The average Bonchev–Trinajstić information content (AvgIpc) is 3.24. The van der Waals surface area contributed by atoms with Gasteiger partial charge in [0.15, 0.2) is 0 Å². The van der Waals surface area contributed by atoms with Crippen LogP contribution in [0.4, 0.5) is 0 Å². The van der Waals surface area contributed by atoms with Crippen molar-refractivity contribution in [1.29, 1.82) is 0 Å². The number of piperidine rings is 1.